The molecule has 0 aliphatic carbocycles. The van der Waals surface area contributed by atoms with Crippen LogP contribution >= 0.6 is 15.9 Å². The predicted octanol–water partition coefficient (Wildman–Crippen LogP) is 1.91. The van der Waals surface area contributed by atoms with E-state index in [4.69, 9.17) is 0 Å². The lowest BCUT2D eigenvalue weighted by Gasteiger charge is -2.17. The third kappa shape index (κ3) is 1.97. The Labute approximate surface area is 102 Å². The summed E-state index contributed by atoms with van der Waals surface area (Å²) >= 11 is 3.28. The van der Waals surface area contributed by atoms with Crippen LogP contribution in [0, 0.1) is 5.82 Å². The van der Waals surface area contributed by atoms with Crippen molar-refractivity contribution < 1.29 is 9.18 Å². The molecule has 1 aromatic carbocycles. The van der Waals surface area contributed by atoms with Crippen LogP contribution in [0.4, 0.5) is 10.1 Å². The zero-order chi connectivity index (χ0) is 11.7. The summed E-state index contributed by atoms with van der Waals surface area (Å²) in [6, 6.07) is 4.41. The summed E-state index contributed by atoms with van der Waals surface area (Å²) in [5.74, 6) is -0.437. The molecule has 1 aliphatic heterocycles. The van der Waals surface area contributed by atoms with E-state index in [0.717, 1.165) is 4.47 Å². The number of rotatable bonds is 2. The number of hydrogen-bond acceptors (Lipinski definition) is 2. The van der Waals surface area contributed by atoms with E-state index in [9.17, 15) is 9.18 Å². The molecule has 1 N–H and O–H groups in total. The van der Waals surface area contributed by atoms with Crippen LogP contribution < -0.4 is 10.2 Å². The van der Waals surface area contributed by atoms with E-state index in [1.807, 2.05) is 0 Å². The fraction of sp³-hybridized carbons (Fsp3) is 0.364. The van der Waals surface area contributed by atoms with Gasteiger partial charge in [-0.3, -0.25) is 4.79 Å². The molecule has 2 rings (SSSR count). The summed E-state index contributed by atoms with van der Waals surface area (Å²) < 4.78 is 14.4. The van der Waals surface area contributed by atoms with Gasteiger partial charge in [-0.1, -0.05) is 15.9 Å². The number of likely N-dealkylation sites (N-methyl/N-ethyl adjacent to an activating group) is 1. The maximum atomic E-state index is 13.6. The molecule has 1 amide bonds. The lowest BCUT2D eigenvalue weighted by molar-refractivity contribution is -0.118. The molecule has 1 heterocycles. The maximum absolute atomic E-state index is 13.6. The fourth-order valence-corrected chi connectivity index (χ4v) is 2.23. The number of nitrogens with zero attached hydrogens (tertiary/aromatic N) is 1. The quantitative estimate of drug-likeness (QED) is 0.901. The Kier molecular flexibility index (Phi) is 3.25. The Morgan fingerprint density at radius 2 is 2.31 bits per heavy atom. The van der Waals surface area contributed by atoms with Gasteiger partial charge in [-0.15, -0.1) is 0 Å². The van der Waals surface area contributed by atoms with Gasteiger partial charge >= 0.3 is 0 Å². The van der Waals surface area contributed by atoms with Crippen molar-refractivity contribution in [3.05, 3.63) is 28.5 Å². The van der Waals surface area contributed by atoms with E-state index >= 15 is 0 Å². The van der Waals surface area contributed by atoms with Crippen LogP contribution in [-0.4, -0.2) is 25.5 Å². The number of carbonyl (C=O) groups excluding carboxylic acids is 1. The minimum atomic E-state index is -0.367. The molecule has 1 atom stereocenters. The van der Waals surface area contributed by atoms with Crippen LogP contribution in [-0.2, 0) is 4.79 Å². The van der Waals surface area contributed by atoms with Crippen molar-refractivity contribution in [2.24, 2.45) is 0 Å². The van der Waals surface area contributed by atoms with E-state index in [0.29, 0.717) is 18.7 Å². The van der Waals surface area contributed by atoms with Gasteiger partial charge in [-0.05, 0) is 31.7 Å². The van der Waals surface area contributed by atoms with Crippen molar-refractivity contribution >= 4 is 27.5 Å². The second-order valence-electron chi connectivity index (χ2n) is 3.72. The summed E-state index contributed by atoms with van der Waals surface area (Å²) in [5, 5.41) is 2.92. The Bertz CT molecular complexity index is 424. The van der Waals surface area contributed by atoms with Gasteiger partial charge in [0.1, 0.15) is 5.82 Å². The first-order valence-corrected chi connectivity index (χ1v) is 5.86. The summed E-state index contributed by atoms with van der Waals surface area (Å²) in [6.45, 7) is 0.553. The Morgan fingerprint density at radius 3 is 2.94 bits per heavy atom. The Balaban J connectivity index is 2.32. The van der Waals surface area contributed by atoms with E-state index < -0.39 is 0 Å². The van der Waals surface area contributed by atoms with Crippen LogP contribution in [0.5, 0.6) is 0 Å². The maximum Gasteiger partial charge on any atom is 0.244 e. The first kappa shape index (κ1) is 11.5. The van der Waals surface area contributed by atoms with Gasteiger partial charge in [0, 0.05) is 11.0 Å². The molecule has 1 saturated heterocycles. The molecular formula is C11H12BrFN2O. The van der Waals surface area contributed by atoms with Crippen LogP contribution in [0.1, 0.15) is 6.42 Å². The van der Waals surface area contributed by atoms with Crippen molar-refractivity contribution in [3.63, 3.8) is 0 Å². The second kappa shape index (κ2) is 4.51. The van der Waals surface area contributed by atoms with Crippen LogP contribution in [0.2, 0.25) is 0 Å². The van der Waals surface area contributed by atoms with E-state index in [2.05, 4.69) is 21.2 Å². The predicted molar refractivity (Wildman–Crippen MR) is 63.9 cm³/mol. The average molecular weight is 287 g/mol. The normalized spacial score (nSPS) is 20.6. The molecule has 3 nitrogen and oxygen atoms in total. The molecule has 16 heavy (non-hydrogen) atoms. The fourth-order valence-electron chi connectivity index (χ4n) is 1.88. The van der Waals surface area contributed by atoms with Gasteiger partial charge < -0.3 is 10.2 Å². The number of benzene rings is 1. The minimum absolute atomic E-state index is 0.0699. The monoisotopic (exact) mass is 286 g/mol. The molecule has 0 bridgehead atoms. The van der Waals surface area contributed by atoms with Gasteiger partial charge in [0.15, 0.2) is 0 Å². The Morgan fingerprint density at radius 1 is 1.56 bits per heavy atom. The van der Waals surface area contributed by atoms with Crippen LogP contribution in [0.25, 0.3) is 0 Å². The molecule has 0 saturated carbocycles. The lowest BCUT2D eigenvalue weighted by Crippen LogP contribution is -2.36. The van der Waals surface area contributed by atoms with Gasteiger partial charge in [0.25, 0.3) is 0 Å². The molecule has 1 unspecified atom stereocenters. The summed E-state index contributed by atoms with van der Waals surface area (Å²) in [5.41, 5.74) is 0.345. The van der Waals surface area contributed by atoms with E-state index in [1.165, 1.54) is 11.0 Å². The summed E-state index contributed by atoms with van der Waals surface area (Å²) in [4.78, 5) is 13.4. The van der Waals surface area contributed by atoms with E-state index in [-0.39, 0.29) is 17.8 Å². The number of nitrogens with one attached hydrogen (secondary N) is 1. The third-order valence-corrected chi connectivity index (χ3v) is 3.25. The lowest BCUT2D eigenvalue weighted by atomic mass is 10.2. The largest absolute Gasteiger partial charge is 0.309 e. The van der Waals surface area contributed by atoms with Gasteiger partial charge in [-0.25, -0.2) is 4.39 Å². The second-order valence-corrected chi connectivity index (χ2v) is 4.63. The summed E-state index contributed by atoms with van der Waals surface area (Å²) in [6.07, 6.45) is 0.710. The molecule has 0 radical (unpaired) electrons. The SMILES string of the molecule is CNC1CCN(c2cc(Br)ccc2F)C1=O. The molecule has 1 fully saturated rings. The van der Waals surface area contributed by atoms with Gasteiger partial charge in [0.2, 0.25) is 5.91 Å². The number of amides is 1. The average Bonchev–Trinajstić information content (AvgIpc) is 2.63. The number of halogens is 2. The summed E-state index contributed by atoms with van der Waals surface area (Å²) in [7, 11) is 1.74. The van der Waals surface area contributed by atoms with Crippen molar-refractivity contribution in [3.8, 4) is 0 Å². The van der Waals surface area contributed by atoms with Crippen molar-refractivity contribution in [1.82, 2.24) is 5.32 Å². The molecule has 5 heteroatoms. The van der Waals surface area contributed by atoms with Crippen molar-refractivity contribution in [1.29, 1.82) is 0 Å². The third-order valence-electron chi connectivity index (χ3n) is 2.75. The first-order chi connectivity index (χ1) is 7.63. The highest BCUT2D eigenvalue weighted by molar-refractivity contribution is 9.10. The Hall–Kier alpha value is -0.940. The molecule has 0 spiro atoms. The standard InChI is InChI=1S/C11H12BrFN2O/c1-14-9-4-5-15(11(9)16)10-6-7(12)2-3-8(10)13/h2-3,6,9,14H,4-5H2,1H3. The van der Waals surface area contributed by atoms with Crippen LogP contribution in [0.3, 0.4) is 0 Å². The zero-order valence-corrected chi connectivity index (χ0v) is 10.4. The topological polar surface area (TPSA) is 32.3 Å². The van der Waals surface area contributed by atoms with Crippen molar-refractivity contribution in [2.75, 3.05) is 18.5 Å². The molecule has 1 aromatic rings. The molecule has 1 aliphatic rings. The highest BCUT2D eigenvalue weighted by Gasteiger charge is 2.32. The molecule has 86 valence electrons. The molecule has 0 aromatic heterocycles. The number of carbonyl (C=O) groups is 1. The molecular weight excluding hydrogens is 275 g/mol. The van der Waals surface area contributed by atoms with E-state index in [1.54, 1.807) is 19.2 Å². The zero-order valence-electron chi connectivity index (χ0n) is 8.84. The number of hydrogen-bond donors (Lipinski definition) is 1. The first-order valence-electron chi connectivity index (χ1n) is 5.07. The minimum Gasteiger partial charge on any atom is -0.309 e. The number of anilines is 1. The van der Waals surface area contributed by atoms with Crippen LogP contribution in [0.15, 0.2) is 22.7 Å². The van der Waals surface area contributed by atoms with Gasteiger partial charge in [-0.2, -0.15) is 0 Å². The van der Waals surface area contributed by atoms with Crippen molar-refractivity contribution in [2.45, 2.75) is 12.5 Å². The smallest absolute Gasteiger partial charge is 0.244 e. The highest BCUT2D eigenvalue weighted by atomic mass is 79.9. The highest BCUT2D eigenvalue weighted by Crippen LogP contribution is 2.27. The van der Waals surface area contributed by atoms with Gasteiger partial charge in [0.05, 0.1) is 11.7 Å².